The molecular weight excluding hydrogens is 230 g/mol. The number of hydrogen-bond donors (Lipinski definition) is 2. The highest BCUT2D eigenvalue weighted by Gasteiger charge is 2.08. The van der Waals surface area contributed by atoms with Crippen molar-refractivity contribution >= 4 is 5.95 Å². The maximum atomic E-state index is 13.3. The van der Waals surface area contributed by atoms with Gasteiger partial charge in [-0.3, -0.25) is 5.43 Å². The van der Waals surface area contributed by atoms with Crippen molar-refractivity contribution in [3.8, 4) is 11.6 Å². The van der Waals surface area contributed by atoms with Crippen molar-refractivity contribution in [2.75, 3.05) is 5.43 Å². The third-order valence-corrected chi connectivity index (χ3v) is 1.87. The van der Waals surface area contributed by atoms with Gasteiger partial charge in [0.2, 0.25) is 11.8 Å². The molecule has 0 spiro atoms. The Kier molecular flexibility index (Phi) is 3.10. The first-order valence-electron chi connectivity index (χ1n) is 4.61. The third-order valence-electron chi connectivity index (χ3n) is 1.87. The van der Waals surface area contributed by atoms with Crippen molar-refractivity contribution in [3.63, 3.8) is 0 Å². The average Bonchev–Trinajstić information content (AvgIpc) is 2.35. The molecule has 1 aromatic carbocycles. The molecule has 0 radical (unpaired) electrons. The van der Waals surface area contributed by atoms with Crippen LogP contribution >= 0.6 is 0 Å². The van der Waals surface area contributed by atoms with Gasteiger partial charge in [0.15, 0.2) is 0 Å². The standard InChI is InChI=1S/C10H8F2N4O/c11-6-1-3-7(4-2-6)17-9-8(12)5-14-10(15-9)16-13/h1-5H,13H2,(H,14,15,16). The van der Waals surface area contributed by atoms with Crippen LogP contribution in [0.3, 0.4) is 0 Å². The minimum Gasteiger partial charge on any atom is -0.436 e. The topological polar surface area (TPSA) is 73.1 Å². The van der Waals surface area contributed by atoms with Crippen molar-refractivity contribution in [1.29, 1.82) is 0 Å². The van der Waals surface area contributed by atoms with Gasteiger partial charge in [0.05, 0.1) is 6.20 Å². The summed E-state index contributed by atoms with van der Waals surface area (Å²) in [5.74, 6) is 3.91. The first-order valence-corrected chi connectivity index (χ1v) is 4.61. The van der Waals surface area contributed by atoms with Gasteiger partial charge in [-0.25, -0.2) is 15.2 Å². The molecule has 0 amide bonds. The fourth-order valence-corrected chi connectivity index (χ4v) is 1.11. The molecule has 0 bridgehead atoms. The highest BCUT2D eigenvalue weighted by molar-refractivity contribution is 5.31. The van der Waals surface area contributed by atoms with E-state index in [2.05, 4.69) is 15.4 Å². The zero-order valence-electron chi connectivity index (χ0n) is 8.52. The van der Waals surface area contributed by atoms with Crippen LogP contribution in [0.1, 0.15) is 0 Å². The Morgan fingerprint density at radius 3 is 2.53 bits per heavy atom. The van der Waals surface area contributed by atoms with Crippen LogP contribution in [-0.4, -0.2) is 9.97 Å². The van der Waals surface area contributed by atoms with E-state index in [0.29, 0.717) is 0 Å². The lowest BCUT2D eigenvalue weighted by molar-refractivity contribution is 0.420. The Morgan fingerprint density at radius 2 is 1.88 bits per heavy atom. The van der Waals surface area contributed by atoms with Crippen LogP contribution < -0.4 is 16.0 Å². The monoisotopic (exact) mass is 238 g/mol. The molecule has 0 saturated carbocycles. The van der Waals surface area contributed by atoms with Crippen LogP contribution in [0, 0.1) is 11.6 Å². The average molecular weight is 238 g/mol. The van der Waals surface area contributed by atoms with Crippen LogP contribution in [0.15, 0.2) is 30.5 Å². The zero-order valence-corrected chi connectivity index (χ0v) is 8.52. The summed E-state index contributed by atoms with van der Waals surface area (Å²) in [5, 5.41) is 0. The molecule has 0 aliphatic rings. The molecule has 0 atom stereocenters. The van der Waals surface area contributed by atoms with Gasteiger partial charge >= 0.3 is 0 Å². The summed E-state index contributed by atoms with van der Waals surface area (Å²) in [6, 6.07) is 5.09. The normalized spacial score (nSPS) is 10.1. The Balaban J connectivity index is 2.25. The van der Waals surface area contributed by atoms with E-state index in [1.54, 1.807) is 0 Å². The summed E-state index contributed by atoms with van der Waals surface area (Å²) in [5.41, 5.74) is 2.16. The number of nitrogens with two attached hydrogens (primary N) is 1. The maximum Gasteiger partial charge on any atom is 0.260 e. The van der Waals surface area contributed by atoms with Crippen LogP contribution in [0.25, 0.3) is 0 Å². The van der Waals surface area contributed by atoms with E-state index in [4.69, 9.17) is 10.6 Å². The van der Waals surface area contributed by atoms with E-state index >= 15 is 0 Å². The van der Waals surface area contributed by atoms with Gasteiger partial charge in [-0.1, -0.05) is 0 Å². The number of hydrazine groups is 1. The molecule has 7 heteroatoms. The number of nitrogens with one attached hydrogen (secondary N) is 1. The second kappa shape index (κ2) is 4.71. The number of rotatable bonds is 3. The molecular formula is C10H8F2N4O. The van der Waals surface area contributed by atoms with Crippen molar-refractivity contribution in [3.05, 3.63) is 42.1 Å². The van der Waals surface area contributed by atoms with E-state index in [9.17, 15) is 8.78 Å². The third kappa shape index (κ3) is 2.64. The Morgan fingerprint density at radius 1 is 1.18 bits per heavy atom. The van der Waals surface area contributed by atoms with Gasteiger partial charge in [-0.05, 0) is 24.3 Å². The Hall–Kier alpha value is -2.28. The molecule has 2 aromatic rings. The lowest BCUT2D eigenvalue weighted by Crippen LogP contribution is -2.11. The summed E-state index contributed by atoms with van der Waals surface area (Å²) in [6.45, 7) is 0. The highest BCUT2D eigenvalue weighted by Crippen LogP contribution is 2.22. The largest absolute Gasteiger partial charge is 0.436 e. The number of nitrogen functional groups attached to an aromatic ring is 1. The lowest BCUT2D eigenvalue weighted by atomic mass is 10.3. The molecule has 0 fully saturated rings. The number of halogens is 2. The molecule has 88 valence electrons. The number of anilines is 1. The van der Waals surface area contributed by atoms with Crippen LogP contribution in [0.2, 0.25) is 0 Å². The Labute approximate surface area is 95.2 Å². The van der Waals surface area contributed by atoms with Gasteiger partial charge in [0, 0.05) is 0 Å². The van der Waals surface area contributed by atoms with Gasteiger partial charge in [-0.2, -0.15) is 9.37 Å². The zero-order chi connectivity index (χ0) is 12.3. The van der Waals surface area contributed by atoms with Gasteiger partial charge < -0.3 is 4.74 Å². The number of nitrogens with zero attached hydrogens (tertiary/aromatic N) is 2. The molecule has 17 heavy (non-hydrogen) atoms. The number of aromatic nitrogens is 2. The van der Waals surface area contributed by atoms with Crippen LogP contribution in [0.5, 0.6) is 11.6 Å². The molecule has 5 nitrogen and oxygen atoms in total. The van der Waals surface area contributed by atoms with Crippen molar-refractivity contribution in [1.82, 2.24) is 9.97 Å². The van der Waals surface area contributed by atoms with Crippen molar-refractivity contribution in [2.24, 2.45) is 5.84 Å². The lowest BCUT2D eigenvalue weighted by Gasteiger charge is -2.06. The number of ether oxygens (including phenoxy) is 1. The number of hydrogen-bond acceptors (Lipinski definition) is 5. The predicted molar refractivity (Wildman–Crippen MR) is 56.3 cm³/mol. The van der Waals surface area contributed by atoms with E-state index < -0.39 is 11.6 Å². The minimum absolute atomic E-state index is 0.0171. The summed E-state index contributed by atoms with van der Waals surface area (Å²) in [4.78, 5) is 7.22. The SMILES string of the molecule is NNc1ncc(F)c(Oc2ccc(F)cc2)n1. The smallest absolute Gasteiger partial charge is 0.260 e. The fourth-order valence-electron chi connectivity index (χ4n) is 1.11. The van der Waals surface area contributed by atoms with E-state index in [0.717, 1.165) is 6.20 Å². The Bertz CT molecular complexity index is 518. The second-order valence-corrected chi connectivity index (χ2v) is 3.05. The highest BCUT2D eigenvalue weighted by atomic mass is 19.1. The van der Waals surface area contributed by atoms with Gasteiger partial charge in [-0.15, -0.1) is 0 Å². The van der Waals surface area contributed by atoms with Gasteiger partial charge in [0.25, 0.3) is 5.88 Å². The summed E-state index contributed by atoms with van der Waals surface area (Å²) in [7, 11) is 0. The van der Waals surface area contributed by atoms with E-state index in [1.165, 1.54) is 24.3 Å². The summed E-state index contributed by atoms with van der Waals surface area (Å²) >= 11 is 0. The summed E-state index contributed by atoms with van der Waals surface area (Å²) in [6.07, 6.45) is 0.918. The van der Waals surface area contributed by atoms with Gasteiger partial charge in [0.1, 0.15) is 11.6 Å². The molecule has 1 heterocycles. The molecule has 2 rings (SSSR count). The molecule has 1 aromatic heterocycles. The van der Waals surface area contributed by atoms with Crippen molar-refractivity contribution in [2.45, 2.75) is 0 Å². The summed E-state index contributed by atoms with van der Waals surface area (Å²) < 4.78 is 31.0. The molecule has 0 saturated heterocycles. The van der Waals surface area contributed by atoms with Crippen LogP contribution in [-0.2, 0) is 0 Å². The predicted octanol–water partition coefficient (Wildman–Crippen LogP) is 1.83. The molecule has 0 unspecified atom stereocenters. The number of benzene rings is 1. The fraction of sp³-hybridized carbons (Fsp3) is 0. The van der Waals surface area contributed by atoms with Crippen LogP contribution in [0.4, 0.5) is 14.7 Å². The second-order valence-electron chi connectivity index (χ2n) is 3.05. The quantitative estimate of drug-likeness (QED) is 0.630. The van der Waals surface area contributed by atoms with E-state index in [1.807, 2.05) is 0 Å². The van der Waals surface area contributed by atoms with Crippen molar-refractivity contribution < 1.29 is 13.5 Å². The molecule has 3 N–H and O–H groups in total. The molecule has 0 aliphatic heterocycles. The first-order chi connectivity index (χ1) is 8.19. The molecule has 0 aliphatic carbocycles. The maximum absolute atomic E-state index is 13.3. The first kappa shape index (κ1) is 11.2. The van der Waals surface area contributed by atoms with E-state index in [-0.39, 0.29) is 17.6 Å². The minimum atomic E-state index is -0.742.